The van der Waals surface area contributed by atoms with E-state index in [0.717, 1.165) is 0 Å². The van der Waals surface area contributed by atoms with E-state index in [1.807, 2.05) is 26.8 Å². The van der Waals surface area contributed by atoms with Crippen LogP contribution in [0.5, 0.6) is 5.75 Å². The fourth-order valence-corrected chi connectivity index (χ4v) is 2.06. The Morgan fingerprint density at radius 1 is 0.958 bits per heavy atom. The first-order valence-corrected chi connectivity index (χ1v) is 7.95. The lowest BCUT2D eigenvalue weighted by molar-refractivity contribution is -0.118. The summed E-state index contributed by atoms with van der Waals surface area (Å²) in [6.07, 6.45) is 0. The van der Waals surface area contributed by atoms with Crippen LogP contribution in [0.1, 0.15) is 31.1 Å². The molecule has 24 heavy (non-hydrogen) atoms. The molecule has 126 valence electrons. The number of rotatable bonds is 6. The number of para-hydroxylation sites is 1. The van der Waals surface area contributed by atoms with Gasteiger partial charge in [0.15, 0.2) is 0 Å². The summed E-state index contributed by atoms with van der Waals surface area (Å²) in [7, 11) is 0. The minimum atomic E-state index is -0.238. The van der Waals surface area contributed by atoms with Crippen molar-refractivity contribution in [3.05, 3.63) is 54.1 Å². The molecule has 2 N–H and O–H groups in total. The highest BCUT2D eigenvalue weighted by Gasteiger charge is 2.12. The molecule has 0 atom stereocenters. The molecule has 0 spiro atoms. The normalized spacial score (nSPS) is 10.3. The predicted molar refractivity (Wildman–Crippen MR) is 95.5 cm³/mol. The summed E-state index contributed by atoms with van der Waals surface area (Å²) in [6.45, 7) is 6.03. The number of carbonyl (C=O) groups is 2. The molecule has 0 aromatic heterocycles. The van der Waals surface area contributed by atoms with Gasteiger partial charge in [-0.3, -0.25) is 9.59 Å². The van der Waals surface area contributed by atoms with Crippen molar-refractivity contribution in [2.45, 2.75) is 20.8 Å². The zero-order chi connectivity index (χ0) is 17.5. The van der Waals surface area contributed by atoms with Gasteiger partial charge in [-0.2, -0.15) is 0 Å². The largest absolute Gasteiger partial charge is 0.493 e. The van der Waals surface area contributed by atoms with E-state index in [2.05, 4.69) is 10.6 Å². The van der Waals surface area contributed by atoms with E-state index in [9.17, 15) is 9.59 Å². The molecule has 2 rings (SSSR count). The van der Waals surface area contributed by atoms with Crippen LogP contribution in [0.15, 0.2) is 48.5 Å². The van der Waals surface area contributed by atoms with Crippen LogP contribution in [0.3, 0.4) is 0 Å². The third kappa shape index (κ3) is 4.59. The van der Waals surface area contributed by atoms with E-state index in [4.69, 9.17) is 4.74 Å². The summed E-state index contributed by atoms with van der Waals surface area (Å²) in [5.41, 5.74) is 1.83. The Morgan fingerprint density at radius 3 is 2.12 bits per heavy atom. The molecule has 0 saturated heterocycles. The molecule has 2 amide bonds. The van der Waals surface area contributed by atoms with Gasteiger partial charge in [-0.25, -0.2) is 0 Å². The number of hydrogen-bond donors (Lipinski definition) is 2. The van der Waals surface area contributed by atoms with Gasteiger partial charge in [-0.05, 0) is 43.3 Å². The summed E-state index contributed by atoms with van der Waals surface area (Å²) in [6, 6.07) is 14.1. The molecule has 0 saturated carbocycles. The molecule has 0 aliphatic heterocycles. The summed E-state index contributed by atoms with van der Waals surface area (Å²) in [4.78, 5) is 24.1. The first-order valence-electron chi connectivity index (χ1n) is 7.95. The van der Waals surface area contributed by atoms with Crippen molar-refractivity contribution < 1.29 is 14.3 Å². The summed E-state index contributed by atoms with van der Waals surface area (Å²) < 4.78 is 5.47. The third-order valence-corrected chi connectivity index (χ3v) is 3.37. The fourth-order valence-electron chi connectivity index (χ4n) is 2.06. The second-order valence-corrected chi connectivity index (χ2v) is 5.60. The van der Waals surface area contributed by atoms with Crippen molar-refractivity contribution >= 4 is 23.2 Å². The van der Waals surface area contributed by atoms with Crippen molar-refractivity contribution in [2.24, 2.45) is 5.92 Å². The Kier molecular flexibility index (Phi) is 5.95. The first kappa shape index (κ1) is 17.5. The molecule has 0 heterocycles. The zero-order valence-electron chi connectivity index (χ0n) is 14.1. The van der Waals surface area contributed by atoms with Crippen molar-refractivity contribution in [3.8, 4) is 5.75 Å². The highest BCUT2D eigenvalue weighted by Crippen LogP contribution is 2.20. The van der Waals surface area contributed by atoms with Gasteiger partial charge in [0.25, 0.3) is 5.91 Å². The Labute approximate surface area is 142 Å². The van der Waals surface area contributed by atoms with Gasteiger partial charge >= 0.3 is 0 Å². The maximum Gasteiger partial charge on any atom is 0.259 e. The highest BCUT2D eigenvalue weighted by atomic mass is 16.5. The maximum atomic E-state index is 12.4. The van der Waals surface area contributed by atoms with Crippen molar-refractivity contribution in [3.63, 3.8) is 0 Å². The summed E-state index contributed by atoms with van der Waals surface area (Å²) >= 11 is 0. The molecule has 0 radical (unpaired) electrons. The van der Waals surface area contributed by atoms with Crippen LogP contribution < -0.4 is 15.4 Å². The van der Waals surface area contributed by atoms with Gasteiger partial charge in [0.05, 0.1) is 12.2 Å². The van der Waals surface area contributed by atoms with Crippen LogP contribution in [-0.2, 0) is 4.79 Å². The van der Waals surface area contributed by atoms with E-state index in [0.29, 0.717) is 29.3 Å². The molecular formula is C19H22N2O3. The quantitative estimate of drug-likeness (QED) is 0.845. The number of hydrogen-bond acceptors (Lipinski definition) is 3. The summed E-state index contributed by atoms with van der Waals surface area (Å²) in [5, 5.41) is 5.64. The van der Waals surface area contributed by atoms with Crippen molar-refractivity contribution in [2.75, 3.05) is 17.2 Å². The van der Waals surface area contributed by atoms with Crippen LogP contribution >= 0.6 is 0 Å². The van der Waals surface area contributed by atoms with Gasteiger partial charge in [0.1, 0.15) is 5.75 Å². The van der Waals surface area contributed by atoms with Crippen LogP contribution in [-0.4, -0.2) is 18.4 Å². The molecule has 0 fully saturated rings. The predicted octanol–water partition coefficient (Wildman–Crippen LogP) is 3.93. The number of benzene rings is 2. The number of nitrogens with one attached hydrogen (secondary N) is 2. The van der Waals surface area contributed by atoms with E-state index in [1.165, 1.54) is 0 Å². The minimum Gasteiger partial charge on any atom is -0.493 e. The second-order valence-electron chi connectivity index (χ2n) is 5.60. The average molecular weight is 326 g/mol. The topological polar surface area (TPSA) is 67.4 Å². The van der Waals surface area contributed by atoms with E-state index in [-0.39, 0.29) is 17.7 Å². The Bertz CT molecular complexity index is 709. The Balaban J connectivity index is 2.06. The van der Waals surface area contributed by atoms with Gasteiger partial charge in [-0.1, -0.05) is 26.0 Å². The van der Waals surface area contributed by atoms with E-state index >= 15 is 0 Å². The summed E-state index contributed by atoms with van der Waals surface area (Å²) in [5.74, 6) is 0.188. The standard InChI is InChI=1S/C19H22N2O3/c1-4-24-17-8-6-5-7-16(17)19(23)21-15-11-9-14(10-12-15)20-18(22)13(2)3/h5-13H,4H2,1-3H3,(H,20,22)(H,21,23). The molecule has 0 aliphatic carbocycles. The average Bonchev–Trinajstić information content (AvgIpc) is 2.57. The van der Waals surface area contributed by atoms with E-state index < -0.39 is 0 Å². The maximum absolute atomic E-state index is 12.4. The Morgan fingerprint density at radius 2 is 1.54 bits per heavy atom. The third-order valence-electron chi connectivity index (χ3n) is 3.37. The van der Waals surface area contributed by atoms with E-state index in [1.54, 1.807) is 42.5 Å². The number of anilines is 2. The van der Waals surface area contributed by atoms with Crippen molar-refractivity contribution in [1.29, 1.82) is 0 Å². The minimum absolute atomic E-state index is 0.0440. The van der Waals surface area contributed by atoms with Crippen molar-refractivity contribution in [1.82, 2.24) is 0 Å². The number of carbonyl (C=O) groups excluding carboxylic acids is 2. The first-order chi connectivity index (χ1) is 11.5. The SMILES string of the molecule is CCOc1ccccc1C(=O)Nc1ccc(NC(=O)C(C)C)cc1. The van der Waals surface area contributed by atoms with Gasteiger partial charge < -0.3 is 15.4 Å². The fraction of sp³-hybridized carbons (Fsp3) is 0.263. The monoisotopic (exact) mass is 326 g/mol. The van der Waals surface area contributed by atoms with Crippen LogP contribution in [0, 0.1) is 5.92 Å². The molecule has 0 bridgehead atoms. The number of ether oxygens (including phenoxy) is 1. The second kappa shape index (κ2) is 8.15. The molecule has 5 heteroatoms. The molecular weight excluding hydrogens is 304 g/mol. The molecule has 2 aromatic rings. The highest BCUT2D eigenvalue weighted by molar-refractivity contribution is 6.06. The van der Waals surface area contributed by atoms with Gasteiger partial charge in [0, 0.05) is 17.3 Å². The van der Waals surface area contributed by atoms with Crippen LogP contribution in [0.4, 0.5) is 11.4 Å². The lowest BCUT2D eigenvalue weighted by Crippen LogP contribution is -2.17. The zero-order valence-corrected chi connectivity index (χ0v) is 14.1. The number of amides is 2. The molecule has 5 nitrogen and oxygen atoms in total. The molecule has 2 aromatic carbocycles. The molecule has 0 unspecified atom stereocenters. The van der Waals surface area contributed by atoms with Gasteiger partial charge in [0.2, 0.25) is 5.91 Å². The van der Waals surface area contributed by atoms with Crippen LogP contribution in [0.25, 0.3) is 0 Å². The van der Waals surface area contributed by atoms with Gasteiger partial charge in [-0.15, -0.1) is 0 Å². The lowest BCUT2D eigenvalue weighted by atomic mass is 10.1. The smallest absolute Gasteiger partial charge is 0.259 e. The lowest BCUT2D eigenvalue weighted by Gasteiger charge is -2.11. The molecule has 0 aliphatic rings. The Hall–Kier alpha value is -2.82. The van der Waals surface area contributed by atoms with Crippen LogP contribution in [0.2, 0.25) is 0 Å².